The number of aliphatic carboxylic acids is 1. The molecule has 5 unspecified atom stereocenters. The van der Waals surface area contributed by atoms with Crippen molar-refractivity contribution in [3.05, 3.63) is 0 Å². The average Bonchev–Trinajstić information content (AvgIpc) is 2.26. The molecule has 1 aliphatic heterocycles. The Morgan fingerprint density at radius 3 is 2.29 bits per heavy atom. The zero-order valence-corrected chi connectivity index (χ0v) is 15.3. The number of carboxylic acid groups (broad SMARTS) is 1. The summed E-state index contributed by atoms with van der Waals surface area (Å²) in [4.78, 5) is 8.89. The fraction of sp³-hybridized carbons (Fsp3) is 0.889. The third kappa shape index (κ3) is 5.58. The van der Waals surface area contributed by atoms with Crippen LogP contribution in [0.5, 0.6) is 0 Å². The maximum atomic E-state index is 9.58. The minimum absolute atomic E-state index is 0.109. The normalized spacial score (nSPS) is 37.0. The molecule has 1 rings (SSSR count). The number of carbonyl (C=O) groups excluding carboxylic acids is 1. The molecular formula is C9H16HgO7. The monoisotopic (exact) mass is 438 g/mol. The zero-order valence-electron chi connectivity index (χ0n) is 9.78. The molecule has 1 fully saturated rings. The summed E-state index contributed by atoms with van der Waals surface area (Å²) in [7, 11) is 1.49. The van der Waals surface area contributed by atoms with Gasteiger partial charge in [-0.15, -0.1) is 0 Å². The van der Waals surface area contributed by atoms with E-state index in [0.717, 1.165) is 6.92 Å². The van der Waals surface area contributed by atoms with Crippen molar-refractivity contribution in [3.63, 3.8) is 0 Å². The molecule has 17 heavy (non-hydrogen) atoms. The van der Waals surface area contributed by atoms with E-state index in [2.05, 4.69) is 0 Å². The summed E-state index contributed by atoms with van der Waals surface area (Å²) in [6.07, 6.45) is -3.06. The molecule has 0 saturated carbocycles. The van der Waals surface area contributed by atoms with E-state index in [1.54, 1.807) is 0 Å². The Hall–Kier alpha value is 0.205. The Morgan fingerprint density at radius 2 is 1.94 bits per heavy atom. The Kier molecular flexibility index (Phi) is 8.43. The van der Waals surface area contributed by atoms with Gasteiger partial charge in [0.05, 0.1) is 0 Å². The SMILES string of the molecule is CC(=O)[O-].COC1OC(CO)C(O)C(O)[CH]1[Hg+]. The van der Waals surface area contributed by atoms with Gasteiger partial charge in [0.2, 0.25) is 0 Å². The van der Waals surface area contributed by atoms with Crippen LogP contribution in [0.2, 0.25) is 3.43 Å². The number of carbonyl (C=O) groups is 1. The second-order valence-corrected chi connectivity index (χ2v) is 7.26. The molecule has 8 heteroatoms. The number of carboxylic acids is 1. The second kappa shape index (κ2) is 8.33. The van der Waals surface area contributed by atoms with Gasteiger partial charge in [-0.25, -0.2) is 0 Å². The van der Waals surface area contributed by atoms with Crippen LogP contribution in [0.15, 0.2) is 0 Å². The van der Waals surface area contributed by atoms with Crippen molar-refractivity contribution < 1.29 is 60.8 Å². The summed E-state index contributed by atoms with van der Waals surface area (Å²) in [6.45, 7) is 0.665. The Balaban J connectivity index is 0.000000557. The first-order valence-corrected chi connectivity index (χ1v) is 8.18. The molecule has 0 amide bonds. The first-order valence-electron chi connectivity index (χ1n) is 5.01. The molecule has 3 N–H and O–H groups in total. The van der Waals surface area contributed by atoms with Gasteiger partial charge >= 0.3 is 92.7 Å². The first-order chi connectivity index (χ1) is 7.84. The number of aliphatic hydroxyl groups is 3. The summed E-state index contributed by atoms with van der Waals surface area (Å²) in [6, 6.07) is 0. The van der Waals surface area contributed by atoms with E-state index in [-0.39, 0.29) is 36.2 Å². The Labute approximate surface area is 115 Å². The van der Waals surface area contributed by atoms with Gasteiger partial charge in [0, 0.05) is 5.97 Å². The summed E-state index contributed by atoms with van der Waals surface area (Å²) >= 11 is 0.248. The van der Waals surface area contributed by atoms with Gasteiger partial charge < -0.3 is 9.90 Å². The van der Waals surface area contributed by atoms with E-state index in [0.29, 0.717) is 0 Å². The molecular weight excluding hydrogens is 421 g/mol. The standard InChI is InChI=1S/C7H13O5.C2H4O2.Hg/c1-11-6-2-4(9)7(10)5(3-8)12-6;1-2(3)4;/h2,4-10H,3H2,1H3;1H3,(H,3,4);/q;;+1/p-1. The Morgan fingerprint density at radius 1 is 1.47 bits per heavy atom. The van der Waals surface area contributed by atoms with Crippen LogP contribution in [-0.2, 0) is 40.4 Å². The molecule has 0 bridgehead atoms. The molecule has 7 nitrogen and oxygen atoms in total. The number of ether oxygens (including phenoxy) is 2. The van der Waals surface area contributed by atoms with Crippen LogP contribution < -0.4 is 5.11 Å². The fourth-order valence-corrected chi connectivity index (χ4v) is 3.63. The van der Waals surface area contributed by atoms with E-state index in [4.69, 9.17) is 24.5 Å². The van der Waals surface area contributed by atoms with Gasteiger partial charge in [-0.05, 0) is 6.92 Å². The molecule has 0 aromatic rings. The molecule has 1 aliphatic rings. The van der Waals surface area contributed by atoms with Crippen molar-refractivity contribution in [2.75, 3.05) is 13.7 Å². The third-order valence-corrected chi connectivity index (χ3v) is 5.61. The van der Waals surface area contributed by atoms with Crippen molar-refractivity contribution in [3.8, 4) is 0 Å². The van der Waals surface area contributed by atoms with Crippen molar-refractivity contribution in [2.45, 2.75) is 35.0 Å². The van der Waals surface area contributed by atoms with E-state index in [1.165, 1.54) is 7.11 Å². The number of aliphatic hydroxyl groups excluding tert-OH is 3. The van der Waals surface area contributed by atoms with Gasteiger partial charge in [0.1, 0.15) is 0 Å². The maximum absolute atomic E-state index is 9.58. The predicted octanol–water partition coefficient (Wildman–Crippen LogP) is -2.84. The van der Waals surface area contributed by atoms with Crippen LogP contribution in [0.4, 0.5) is 0 Å². The third-order valence-electron chi connectivity index (χ3n) is 2.24. The second-order valence-electron chi connectivity index (χ2n) is 3.60. The number of methoxy groups -OCH3 is 1. The van der Waals surface area contributed by atoms with Gasteiger partial charge in [0.15, 0.2) is 0 Å². The molecule has 0 spiro atoms. The van der Waals surface area contributed by atoms with Crippen molar-refractivity contribution in [1.29, 1.82) is 0 Å². The molecule has 5 atom stereocenters. The van der Waals surface area contributed by atoms with Crippen LogP contribution in [-0.4, -0.2) is 59.6 Å². The summed E-state index contributed by atoms with van der Waals surface area (Å²) < 4.78 is 10.1. The van der Waals surface area contributed by atoms with E-state index < -0.39 is 30.6 Å². The van der Waals surface area contributed by atoms with Crippen molar-refractivity contribution in [2.24, 2.45) is 0 Å². The van der Waals surface area contributed by atoms with Crippen LogP contribution in [0.25, 0.3) is 0 Å². The molecule has 1 heterocycles. The summed E-state index contributed by atoms with van der Waals surface area (Å²) in [5.41, 5.74) is 0. The molecule has 1 saturated heterocycles. The van der Waals surface area contributed by atoms with Crippen LogP contribution >= 0.6 is 0 Å². The molecule has 0 radical (unpaired) electrons. The average molecular weight is 437 g/mol. The van der Waals surface area contributed by atoms with Gasteiger partial charge in [-0.3, -0.25) is 0 Å². The summed E-state index contributed by atoms with van der Waals surface area (Å²) in [5, 5.41) is 36.8. The first kappa shape index (κ1) is 17.2. The van der Waals surface area contributed by atoms with E-state index in [9.17, 15) is 10.2 Å². The van der Waals surface area contributed by atoms with Crippen LogP contribution in [0, 0.1) is 0 Å². The minimum atomic E-state index is -1.08. The van der Waals surface area contributed by atoms with Crippen molar-refractivity contribution >= 4 is 5.97 Å². The van der Waals surface area contributed by atoms with Crippen molar-refractivity contribution in [1.82, 2.24) is 0 Å². The van der Waals surface area contributed by atoms with Crippen LogP contribution in [0.1, 0.15) is 6.92 Å². The fourth-order valence-electron chi connectivity index (χ4n) is 1.37. The molecule has 0 aliphatic carbocycles. The van der Waals surface area contributed by atoms with Gasteiger partial charge in [-0.1, -0.05) is 0 Å². The molecule has 96 valence electrons. The number of rotatable bonds is 2. The van der Waals surface area contributed by atoms with E-state index in [1.807, 2.05) is 0 Å². The van der Waals surface area contributed by atoms with Gasteiger partial charge in [0.25, 0.3) is 0 Å². The van der Waals surface area contributed by atoms with Crippen LogP contribution in [0.3, 0.4) is 0 Å². The van der Waals surface area contributed by atoms with Gasteiger partial charge in [-0.2, -0.15) is 0 Å². The Bertz CT molecular complexity index is 213. The van der Waals surface area contributed by atoms with E-state index >= 15 is 0 Å². The zero-order chi connectivity index (χ0) is 13.6. The molecule has 0 aromatic carbocycles. The number of hydrogen-bond donors (Lipinski definition) is 3. The topological polar surface area (TPSA) is 119 Å². The quantitative estimate of drug-likeness (QED) is 0.399. The predicted molar refractivity (Wildman–Crippen MR) is 49.2 cm³/mol. The number of hydrogen-bond acceptors (Lipinski definition) is 7. The summed E-state index contributed by atoms with van der Waals surface area (Å²) in [5.74, 6) is -1.08. The molecule has 0 aromatic heterocycles.